The van der Waals surface area contributed by atoms with Crippen LogP contribution in [-0.2, 0) is 21.9 Å². The van der Waals surface area contributed by atoms with E-state index in [1.807, 2.05) is 37.3 Å². The number of aryl methyl sites for hydroxylation is 1. The fraction of sp³-hybridized carbons (Fsp3) is 0.118. The highest BCUT2D eigenvalue weighted by atomic mass is 35.5. The highest BCUT2D eigenvalue weighted by Gasteiger charge is 2.48. The number of carbonyl (C=O) groups is 2. The van der Waals surface area contributed by atoms with Gasteiger partial charge in [0.15, 0.2) is 4.34 Å². The van der Waals surface area contributed by atoms with Gasteiger partial charge in [0.05, 0.1) is 11.6 Å². The minimum Gasteiger partial charge on any atom is -0.508 e. The van der Waals surface area contributed by atoms with E-state index in [9.17, 15) is 19.8 Å². The molecule has 0 saturated carbocycles. The Bertz CT molecular complexity index is 1960. The van der Waals surface area contributed by atoms with E-state index >= 15 is 0 Å². The van der Waals surface area contributed by atoms with Crippen LogP contribution in [0.1, 0.15) is 33.9 Å². The fourth-order valence-electron chi connectivity index (χ4n) is 4.97. The maximum absolute atomic E-state index is 13.5. The van der Waals surface area contributed by atoms with Crippen molar-refractivity contribution in [3.05, 3.63) is 134 Å². The lowest BCUT2D eigenvalue weighted by Crippen LogP contribution is -2.29. The summed E-state index contributed by atoms with van der Waals surface area (Å²) in [5, 5.41) is 31.1. The molecule has 0 bridgehead atoms. The van der Waals surface area contributed by atoms with Crippen LogP contribution < -0.4 is 9.64 Å². The van der Waals surface area contributed by atoms with Crippen molar-refractivity contribution in [2.45, 2.75) is 29.7 Å². The molecule has 5 aromatic rings. The first-order valence-corrected chi connectivity index (χ1v) is 16.5. The first-order valence-electron chi connectivity index (χ1n) is 14.0. The van der Waals surface area contributed by atoms with E-state index in [0.717, 1.165) is 28.0 Å². The largest absolute Gasteiger partial charge is 0.508 e. The zero-order valence-corrected chi connectivity index (χ0v) is 27.3. The smallest absolute Gasteiger partial charge is 0.301 e. The van der Waals surface area contributed by atoms with E-state index in [1.54, 1.807) is 48.5 Å². The number of thioether (sulfide) groups is 1. The summed E-state index contributed by atoms with van der Waals surface area (Å²) in [6.07, 6.45) is 0. The van der Waals surface area contributed by atoms with Crippen molar-refractivity contribution >= 4 is 68.9 Å². The van der Waals surface area contributed by atoms with Gasteiger partial charge in [-0.25, -0.2) is 0 Å². The van der Waals surface area contributed by atoms with Crippen LogP contribution in [0.4, 0.5) is 5.13 Å². The number of carbonyl (C=O) groups excluding carboxylic acids is 2. The lowest BCUT2D eigenvalue weighted by atomic mass is 9.95. The molecule has 1 amide bonds. The SMILES string of the molecule is Cc1cccc(COc2ccc(C(O)=C3C(=O)C(=O)N(c4nnc(SCc5ccc(Cl)cc5Cl)s4)C3c3ccc(O)cc3)cc2)c1. The van der Waals surface area contributed by atoms with Gasteiger partial charge in [-0.2, -0.15) is 0 Å². The van der Waals surface area contributed by atoms with Crippen LogP contribution in [0.3, 0.4) is 0 Å². The van der Waals surface area contributed by atoms with Crippen LogP contribution in [0.15, 0.2) is 101 Å². The van der Waals surface area contributed by atoms with Crippen molar-refractivity contribution in [3.63, 3.8) is 0 Å². The highest BCUT2D eigenvalue weighted by Crippen LogP contribution is 2.44. The predicted molar refractivity (Wildman–Crippen MR) is 181 cm³/mol. The summed E-state index contributed by atoms with van der Waals surface area (Å²) >= 11 is 14.8. The maximum Gasteiger partial charge on any atom is 0.301 e. The molecule has 1 aliphatic heterocycles. The molecule has 6 rings (SSSR count). The normalized spacial score (nSPS) is 15.8. The van der Waals surface area contributed by atoms with Crippen molar-refractivity contribution in [1.82, 2.24) is 10.2 Å². The van der Waals surface area contributed by atoms with E-state index in [-0.39, 0.29) is 22.2 Å². The quantitative estimate of drug-likeness (QED) is 0.0522. The van der Waals surface area contributed by atoms with Crippen molar-refractivity contribution in [2.75, 3.05) is 4.90 Å². The molecule has 8 nitrogen and oxygen atoms in total. The number of rotatable bonds is 9. The number of aliphatic hydroxyl groups is 1. The van der Waals surface area contributed by atoms with Gasteiger partial charge < -0.3 is 14.9 Å². The molecule has 1 unspecified atom stereocenters. The van der Waals surface area contributed by atoms with Gasteiger partial charge in [0.1, 0.15) is 23.9 Å². The Morgan fingerprint density at radius 3 is 2.46 bits per heavy atom. The monoisotopic (exact) mass is 689 g/mol. The summed E-state index contributed by atoms with van der Waals surface area (Å²) in [7, 11) is 0. The molecule has 0 spiro atoms. The second kappa shape index (κ2) is 13.6. The lowest BCUT2D eigenvalue weighted by molar-refractivity contribution is -0.132. The van der Waals surface area contributed by atoms with E-state index < -0.39 is 17.7 Å². The van der Waals surface area contributed by atoms with Crippen LogP contribution in [-0.4, -0.2) is 32.1 Å². The summed E-state index contributed by atoms with van der Waals surface area (Å²) in [5.74, 6) is -1.00. The molecule has 46 heavy (non-hydrogen) atoms. The van der Waals surface area contributed by atoms with Crippen molar-refractivity contribution in [3.8, 4) is 11.5 Å². The summed E-state index contributed by atoms with van der Waals surface area (Å²) in [4.78, 5) is 28.3. The molecule has 2 heterocycles. The zero-order chi connectivity index (χ0) is 32.4. The van der Waals surface area contributed by atoms with Gasteiger partial charge in [0.25, 0.3) is 5.78 Å². The molecule has 1 saturated heterocycles. The van der Waals surface area contributed by atoms with E-state index in [4.69, 9.17) is 27.9 Å². The number of phenolic OH excluding ortho intramolecular Hbond substituents is 1. The van der Waals surface area contributed by atoms with Crippen LogP contribution >= 0.6 is 46.3 Å². The first-order chi connectivity index (χ1) is 22.2. The van der Waals surface area contributed by atoms with E-state index in [0.29, 0.717) is 43.6 Å². The molecule has 1 fully saturated rings. The predicted octanol–water partition coefficient (Wildman–Crippen LogP) is 8.36. The number of nitrogens with zero attached hydrogens (tertiary/aromatic N) is 3. The summed E-state index contributed by atoms with van der Waals surface area (Å²) < 4.78 is 6.45. The summed E-state index contributed by atoms with van der Waals surface area (Å²) in [6.45, 7) is 2.38. The van der Waals surface area contributed by atoms with Gasteiger partial charge in [0.2, 0.25) is 5.13 Å². The number of phenols is 1. The number of ketones is 1. The number of amides is 1. The Labute approximate surface area is 282 Å². The Morgan fingerprint density at radius 2 is 1.74 bits per heavy atom. The van der Waals surface area contributed by atoms with Crippen LogP contribution in [0, 0.1) is 6.92 Å². The molecular formula is C34H25Cl2N3O5S2. The second-order valence-corrected chi connectivity index (χ2v) is 13.5. The molecule has 1 aromatic heterocycles. The molecule has 2 N–H and O–H groups in total. The number of aliphatic hydroxyl groups excluding tert-OH is 1. The molecule has 1 atom stereocenters. The van der Waals surface area contributed by atoms with Gasteiger partial charge in [-0.1, -0.05) is 94.3 Å². The van der Waals surface area contributed by atoms with Gasteiger partial charge in [-0.15, -0.1) is 10.2 Å². The molecular weight excluding hydrogens is 665 g/mol. The summed E-state index contributed by atoms with van der Waals surface area (Å²) in [6, 6.07) is 24.9. The van der Waals surface area contributed by atoms with Gasteiger partial charge in [-0.3, -0.25) is 14.5 Å². The fourth-order valence-corrected chi connectivity index (χ4v) is 7.40. The standard InChI is InChI=1S/C34H25Cl2N3O5S2/c1-19-3-2-4-20(15-19)17-44-26-13-8-22(9-14-26)30(41)28-29(21-6-11-25(40)12-7-21)39(32(43)31(28)42)33-37-38-34(46-33)45-18-23-5-10-24(35)16-27(23)36/h2-16,29,40-41H,17-18H2,1H3. The maximum atomic E-state index is 13.5. The van der Waals surface area contributed by atoms with Crippen molar-refractivity contribution in [2.24, 2.45) is 0 Å². The minimum absolute atomic E-state index is 0.0115. The number of hydrogen-bond acceptors (Lipinski definition) is 9. The highest BCUT2D eigenvalue weighted by molar-refractivity contribution is 8.00. The molecule has 12 heteroatoms. The zero-order valence-electron chi connectivity index (χ0n) is 24.2. The number of ether oxygens (including phenoxy) is 1. The molecule has 0 radical (unpaired) electrons. The molecule has 0 aliphatic carbocycles. The number of aromatic hydroxyl groups is 1. The topological polar surface area (TPSA) is 113 Å². The Morgan fingerprint density at radius 1 is 0.978 bits per heavy atom. The summed E-state index contributed by atoms with van der Waals surface area (Å²) in [5.41, 5.74) is 3.72. The Kier molecular flexibility index (Phi) is 9.32. The van der Waals surface area contributed by atoms with Crippen LogP contribution in [0.25, 0.3) is 5.76 Å². The van der Waals surface area contributed by atoms with E-state index in [2.05, 4.69) is 10.2 Å². The Balaban J connectivity index is 1.29. The first kappa shape index (κ1) is 31.6. The van der Waals surface area contributed by atoms with Gasteiger partial charge >= 0.3 is 5.91 Å². The third kappa shape index (κ3) is 6.75. The number of anilines is 1. The Hall–Kier alpha value is -4.35. The average Bonchev–Trinajstić information content (AvgIpc) is 3.61. The van der Waals surface area contributed by atoms with Gasteiger partial charge in [0, 0.05) is 21.4 Å². The van der Waals surface area contributed by atoms with Crippen molar-refractivity contribution < 1.29 is 24.5 Å². The number of Topliss-reactive ketones (excluding diaryl/α,β-unsaturated/α-hetero) is 1. The van der Waals surface area contributed by atoms with Gasteiger partial charge in [-0.05, 0) is 72.1 Å². The molecule has 232 valence electrons. The average molecular weight is 691 g/mol. The third-order valence-electron chi connectivity index (χ3n) is 7.24. The van der Waals surface area contributed by atoms with Crippen LogP contribution in [0.2, 0.25) is 10.0 Å². The van der Waals surface area contributed by atoms with Crippen molar-refractivity contribution in [1.29, 1.82) is 0 Å². The van der Waals surface area contributed by atoms with Crippen LogP contribution in [0.5, 0.6) is 11.5 Å². The number of halogens is 2. The third-order valence-corrected chi connectivity index (χ3v) is 9.93. The second-order valence-electron chi connectivity index (χ2n) is 10.4. The number of hydrogen-bond donors (Lipinski definition) is 2. The van der Waals surface area contributed by atoms with E-state index in [1.165, 1.54) is 28.8 Å². The number of aromatic nitrogens is 2. The minimum atomic E-state index is -1.02. The molecule has 4 aromatic carbocycles. The molecule has 1 aliphatic rings. The lowest BCUT2D eigenvalue weighted by Gasteiger charge is -2.22. The number of benzene rings is 4.